The summed E-state index contributed by atoms with van der Waals surface area (Å²) in [5.41, 5.74) is 0.616. The number of nitrogens with one attached hydrogen (secondary N) is 1. The van der Waals surface area contributed by atoms with Gasteiger partial charge in [0.05, 0.1) is 6.67 Å². The Morgan fingerprint density at radius 3 is 2.68 bits per heavy atom. The molecule has 1 aromatic carbocycles. The molecule has 4 rings (SSSR count). The van der Waals surface area contributed by atoms with E-state index in [1.54, 1.807) is 0 Å². The Bertz CT molecular complexity index is 662. The molecule has 3 atom stereocenters. The van der Waals surface area contributed by atoms with Crippen LogP contribution in [0.15, 0.2) is 30.3 Å². The average molecular weight is 341 g/mol. The third kappa shape index (κ3) is 2.74. The molecule has 3 amide bonds. The van der Waals surface area contributed by atoms with Gasteiger partial charge in [0.15, 0.2) is 0 Å². The van der Waals surface area contributed by atoms with Crippen molar-refractivity contribution in [2.24, 2.45) is 5.92 Å². The van der Waals surface area contributed by atoms with Crippen molar-refractivity contribution < 1.29 is 9.59 Å². The van der Waals surface area contributed by atoms with E-state index in [4.69, 9.17) is 0 Å². The molecule has 1 aliphatic carbocycles. The van der Waals surface area contributed by atoms with Crippen LogP contribution in [0.3, 0.4) is 0 Å². The van der Waals surface area contributed by atoms with Gasteiger partial charge in [-0.3, -0.25) is 9.69 Å². The summed E-state index contributed by atoms with van der Waals surface area (Å²) in [7, 11) is 0. The molecular formula is C20H27N3O2. The Morgan fingerprint density at radius 2 is 1.92 bits per heavy atom. The molecule has 3 unspecified atom stereocenters. The summed E-state index contributed by atoms with van der Waals surface area (Å²) in [5.74, 6) is 0.203. The molecule has 2 heterocycles. The van der Waals surface area contributed by atoms with Crippen molar-refractivity contribution in [1.82, 2.24) is 15.1 Å². The van der Waals surface area contributed by atoms with Crippen LogP contribution < -0.4 is 5.32 Å². The molecule has 1 saturated carbocycles. The van der Waals surface area contributed by atoms with E-state index < -0.39 is 5.54 Å². The lowest BCUT2D eigenvalue weighted by Crippen LogP contribution is -2.54. The first-order chi connectivity index (χ1) is 12.1. The van der Waals surface area contributed by atoms with Crippen LogP contribution >= 0.6 is 0 Å². The first-order valence-electron chi connectivity index (χ1n) is 9.55. The lowest BCUT2D eigenvalue weighted by Gasteiger charge is -2.37. The molecule has 3 fully saturated rings. The fourth-order valence-corrected chi connectivity index (χ4v) is 4.85. The van der Waals surface area contributed by atoms with Crippen LogP contribution in [0.5, 0.6) is 0 Å². The quantitative estimate of drug-likeness (QED) is 0.859. The average Bonchev–Trinajstić information content (AvgIpc) is 3.18. The second-order valence-corrected chi connectivity index (χ2v) is 7.80. The SMILES string of the molecule is CC1CCCCC12NC(=O)N(CN1CCCC1c1ccccc1)C2=O. The van der Waals surface area contributed by atoms with Crippen LogP contribution in [-0.2, 0) is 4.79 Å². The summed E-state index contributed by atoms with van der Waals surface area (Å²) < 4.78 is 0. The number of rotatable bonds is 3. The molecule has 0 radical (unpaired) electrons. The Hall–Kier alpha value is -1.88. The van der Waals surface area contributed by atoms with Crippen molar-refractivity contribution >= 4 is 11.9 Å². The Kier molecular flexibility index (Phi) is 4.28. The molecule has 0 aromatic heterocycles. The van der Waals surface area contributed by atoms with E-state index in [1.807, 2.05) is 6.07 Å². The smallest absolute Gasteiger partial charge is 0.323 e. The topological polar surface area (TPSA) is 52.7 Å². The van der Waals surface area contributed by atoms with E-state index in [9.17, 15) is 9.59 Å². The highest BCUT2D eigenvalue weighted by Crippen LogP contribution is 2.39. The summed E-state index contributed by atoms with van der Waals surface area (Å²) in [6.45, 7) is 3.43. The van der Waals surface area contributed by atoms with E-state index in [0.717, 1.165) is 45.1 Å². The highest BCUT2D eigenvalue weighted by molar-refractivity contribution is 6.07. The summed E-state index contributed by atoms with van der Waals surface area (Å²) in [6.07, 6.45) is 6.13. The van der Waals surface area contributed by atoms with Crippen molar-refractivity contribution in [3.05, 3.63) is 35.9 Å². The zero-order valence-electron chi connectivity index (χ0n) is 14.9. The Morgan fingerprint density at radius 1 is 1.12 bits per heavy atom. The molecule has 3 aliphatic rings. The van der Waals surface area contributed by atoms with E-state index in [-0.39, 0.29) is 17.9 Å². The number of likely N-dealkylation sites (tertiary alicyclic amines) is 1. The first-order valence-corrected chi connectivity index (χ1v) is 9.55. The number of hydrogen-bond donors (Lipinski definition) is 1. The lowest BCUT2D eigenvalue weighted by molar-refractivity contribution is -0.135. The third-order valence-corrected chi connectivity index (χ3v) is 6.37. The summed E-state index contributed by atoms with van der Waals surface area (Å²) in [4.78, 5) is 29.5. The van der Waals surface area contributed by atoms with Gasteiger partial charge < -0.3 is 5.32 Å². The molecule has 0 bridgehead atoms. The highest BCUT2D eigenvalue weighted by atomic mass is 16.2. The number of carbonyl (C=O) groups is 2. The fourth-order valence-electron chi connectivity index (χ4n) is 4.85. The molecule has 1 spiro atoms. The number of nitrogens with zero attached hydrogens (tertiary/aromatic N) is 2. The van der Waals surface area contributed by atoms with Gasteiger partial charge in [-0.25, -0.2) is 9.69 Å². The largest absolute Gasteiger partial charge is 0.326 e. The van der Waals surface area contributed by atoms with Gasteiger partial charge in [0, 0.05) is 12.6 Å². The van der Waals surface area contributed by atoms with Gasteiger partial charge in [-0.05, 0) is 37.2 Å². The number of amides is 3. The number of carbonyl (C=O) groups excluding carboxylic acids is 2. The highest BCUT2D eigenvalue weighted by Gasteiger charge is 2.55. The molecule has 2 saturated heterocycles. The Balaban J connectivity index is 1.52. The normalized spacial score (nSPS) is 33.2. The molecule has 1 N–H and O–H groups in total. The van der Waals surface area contributed by atoms with Gasteiger partial charge in [0.25, 0.3) is 5.91 Å². The second-order valence-electron chi connectivity index (χ2n) is 7.80. The van der Waals surface area contributed by atoms with E-state index in [0.29, 0.717) is 12.7 Å². The van der Waals surface area contributed by atoms with Gasteiger partial charge >= 0.3 is 6.03 Å². The molecule has 5 heteroatoms. The second kappa shape index (κ2) is 6.45. The zero-order chi connectivity index (χ0) is 17.4. The maximum absolute atomic E-state index is 13.2. The minimum Gasteiger partial charge on any atom is -0.323 e. The van der Waals surface area contributed by atoms with Gasteiger partial charge in [-0.15, -0.1) is 0 Å². The molecule has 25 heavy (non-hydrogen) atoms. The molecular weight excluding hydrogens is 314 g/mol. The van der Waals surface area contributed by atoms with Crippen molar-refractivity contribution in [3.63, 3.8) is 0 Å². The predicted octanol–water partition coefficient (Wildman–Crippen LogP) is 3.28. The minimum atomic E-state index is -0.655. The third-order valence-electron chi connectivity index (χ3n) is 6.37. The molecule has 1 aromatic rings. The van der Waals surface area contributed by atoms with Gasteiger partial charge in [-0.2, -0.15) is 0 Å². The van der Waals surface area contributed by atoms with Crippen LogP contribution in [0, 0.1) is 5.92 Å². The van der Waals surface area contributed by atoms with E-state index in [1.165, 1.54) is 10.5 Å². The van der Waals surface area contributed by atoms with Crippen molar-refractivity contribution in [3.8, 4) is 0 Å². The van der Waals surface area contributed by atoms with E-state index in [2.05, 4.69) is 41.4 Å². The summed E-state index contributed by atoms with van der Waals surface area (Å²) >= 11 is 0. The van der Waals surface area contributed by atoms with Crippen LogP contribution in [0.1, 0.15) is 57.1 Å². The van der Waals surface area contributed by atoms with Crippen molar-refractivity contribution in [1.29, 1.82) is 0 Å². The predicted molar refractivity (Wildman–Crippen MR) is 95.7 cm³/mol. The Labute approximate surface area is 149 Å². The number of hydrogen-bond acceptors (Lipinski definition) is 3. The maximum atomic E-state index is 13.2. The zero-order valence-corrected chi connectivity index (χ0v) is 14.9. The molecule has 5 nitrogen and oxygen atoms in total. The van der Waals surface area contributed by atoms with Crippen LogP contribution in [0.25, 0.3) is 0 Å². The number of imide groups is 1. The summed E-state index contributed by atoms with van der Waals surface area (Å²) in [5, 5.41) is 3.06. The number of urea groups is 1. The van der Waals surface area contributed by atoms with Gasteiger partial charge in [-0.1, -0.05) is 50.1 Å². The molecule has 2 aliphatic heterocycles. The van der Waals surface area contributed by atoms with Crippen LogP contribution in [0.2, 0.25) is 0 Å². The van der Waals surface area contributed by atoms with Crippen molar-refractivity contribution in [2.45, 2.75) is 57.0 Å². The van der Waals surface area contributed by atoms with Crippen molar-refractivity contribution in [2.75, 3.05) is 13.2 Å². The minimum absolute atomic E-state index is 0.0107. The maximum Gasteiger partial charge on any atom is 0.326 e. The van der Waals surface area contributed by atoms with E-state index >= 15 is 0 Å². The van der Waals surface area contributed by atoms with Gasteiger partial charge in [0.2, 0.25) is 0 Å². The van der Waals surface area contributed by atoms with Crippen LogP contribution in [-0.4, -0.2) is 40.5 Å². The number of benzene rings is 1. The molecule has 134 valence electrons. The lowest BCUT2D eigenvalue weighted by atomic mass is 9.73. The van der Waals surface area contributed by atoms with Gasteiger partial charge in [0.1, 0.15) is 5.54 Å². The van der Waals surface area contributed by atoms with Crippen LogP contribution in [0.4, 0.5) is 4.79 Å². The fraction of sp³-hybridized carbons (Fsp3) is 0.600. The first kappa shape index (κ1) is 16.6. The summed E-state index contributed by atoms with van der Waals surface area (Å²) in [6, 6.07) is 10.5. The monoisotopic (exact) mass is 341 g/mol. The standard InChI is InChI=1S/C20H27N3O2/c1-15-8-5-6-12-20(15)18(24)23(19(25)21-20)14-22-13-7-11-17(22)16-9-3-2-4-10-16/h2-4,9-10,15,17H,5-8,11-14H2,1H3,(H,21,25).